The highest BCUT2D eigenvalue weighted by Gasteiger charge is 2.28. The molecule has 3 rings (SSSR count). The van der Waals surface area contributed by atoms with E-state index in [9.17, 15) is 9.59 Å². The zero-order chi connectivity index (χ0) is 17.1. The van der Waals surface area contributed by atoms with Crippen LogP contribution < -0.4 is 11.1 Å². The van der Waals surface area contributed by atoms with Crippen LogP contribution in [0.15, 0.2) is 35.7 Å². The first-order valence-electron chi connectivity index (χ1n) is 7.75. The minimum absolute atomic E-state index is 0.0776. The standard InChI is InChI=1S/C17H18ClN3O2S/c18-13-6-5-11(17(23)21-7-1-3-12(21)10-19)9-14(13)20-16(22)15-4-2-8-24-15/h2,4-6,8-9,12H,1,3,7,10,19H2,(H,20,22). The molecular formula is C17H18ClN3O2S. The Kier molecular flexibility index (Phi) is 5.18. The molecule has 5 nitrogen and oxygen atoms in total. The topological polar surface area (TPSA) is 75.4 Å². The molecule has 24 heavy (non-hydrogen) atoms. The summed E-state index contributed by atoms with van der Waals surface area (Å²) in [6.07, 6.45) is 1.89. The number of carbonyl (C=O) groups excluding carboxylic acids is 2. The molecular weight excluding hydrogens is 346 g/mol. The SMILES string of the molecule is NCC1CCCN1C(=O)c1ccc(Cl)c(NC(=O)c2cccs2)c1. The molecule has 2 heterocycles. The Labute approximate surface area is 149 Å². The van der Waals surface area contributed by atoms with Crippen molar-refractivity contribution >= 4 is 40.4 Å². The molecule has 1 aromatic carbocycles. The van der Waals surface area contributed by atoms with Gasteiger partial charge < -0.3 is 16.0 Å². The number of nitrogens with zero attached hydrogens (tertiary/aromatic N) is 1. The van der Waals surface area contributed by atoms with E-state index in [-0.39, 0.29) is 17.9 Å². The lowest BCUT2D eigenvalue weighted by Gasteiger charge is -2.23. The van der Waals surface area contributed by atoms with Gasteiger partial charge in [0.15, 0.2) is 0 Å². The second-order valence-electron chi connectivity index (χ2n) is 5.66. The maximum atomic E-state index is 12.7. The van der Waals surface area contributed by atoms with Gasteiger partial charge in [0.1, 0.15) is 0 Å². The Morgan fingerprint density at radius 3 is 2.92 bits per heavy atom. The fourth-order valence-electron chi connectivity index (χ4n) is 2.86. The molecule has 2 aromatic rings. The number of nitrogens with two attached hydrogens (primary N) is 1. The molecule has 1 fully saturated rings. The normalized spacial score (nSPS) is 17.1. The molecule has 1 aliphatic heterocycles. The molecule has 0 aliphatic carbocycles. The molecule has 1 aliphatic rings. The first kappa shape index (κ1) is 17.0. The summed E-state index contributed by atoms with van der Waals surface area (Å²) in [5.41, 5.74) is 6.68. The fraction of sp³-hybridized carbons (Fsp3) is 0.294. The summed E-state index contributed by atoms with van der Waals surface area (Å²) in [5.74, 6) is -0.316. The van der Waals surface area contributed by atoms with Crippen LogP contribution >= 0.6 is 22.9 Å². The van der Waals surface area contributed by atoms with Crippen LogP contribution in [0.1, 0.15) is 32.9 Å². The molecule has 126 valence electrons. The smallest absolute Gasteiger partial charge is 0.265 e. The van der Waals surface area contributed by atoms with E-state index in [1.165, 1.54) is 11.3 Å². The number of likely N-dealkylation sites (tertiary alicyclic amines) is 1. The van der Waals surface area contributed by atoms with Crippen LogP contribution in [0.5, 0.6) is 0 Å². The van der Waals surface area contributed by atoms with Crippen molar-refractivity contribution in [3.05, 3.63) is 51.2 Å². The number of nitrogens with one attached hydrogen (secondary N) is 1. The largest absolute Gasteiger partial charge is 0.334 e. The second kappa shape index (κ2) is 7.34. The van der Waals surface area contributed by atoms with Gasteiger partial charge >= 0.3 is 0 Å². The van der Waals surface area contributed by atoms with Crippen molar-refractivity contribution in [1.82, 2.24) is 4.90 Å². The van der Waals surface area contributed by atoms with Crippen molar-refractivity contribution in [3.63, 3.8) is 0 Å². The predicted molar refractivity (Wildman–Crippen MR) is 96.8 cm³/mol. The maximum Gasteiger partial charge on any atom is 0.265 e. The Balaban J connectivity index is 1.81. The molecule has 1 saturated heterocycles. The number of rotatable bonds is 4. The molecule has 0 spiro atoms. The van der Waals surface area contributed by atoms with Gasteiger partial charge in [-0.2, -0.15) is 0 Å². The van der Waals surface area contributed by atoms with E-state index < -0.39 is 0 Å². The summed E-state index contributed by atoms with van der Waals surface area (Å²) in [5, 5.41) is 4.99. The van der Waals surface area contributed by atoms with Crippen LogP contribution in [0.4, 0.5) is 5.69 Å². The number of halogens is 1. The summed E-state index contributed by atoms with van der Waals surface area (Å²) in [4.78, 5) is 27.3. The summed E-state index contributed by atoms with van der Waals surface area (Å²) >= 11 is 7.51. The Bertz CT molecular complexity index is 748. The highest BCUT2D eigenvalue weighted by Crippen LogP contribution is 2.26. The third-order valence-electron chi connectivity index (χ3n) is 4.12. The third kappa shape index (κ3) is 3.45. The molecule has 1 aromatic heterocycles. The Hall–Kier alpha value is -1.89. The van der Waals surface area contributed by atoms with Gasteiger partial charge in [0, 0.05) is 24.7 Å². The predicted octanol–water partition coefficient (Wildman–Crippen LogP) is 3.22. The van der Waals surface area contributed by atoms with Crippen LogP contribution in [0.3, 0.4) is 0 Å². The van der Waals surface area contributed by atoms with E-state index in [4.69, 9.17) is 17.3 Å². The molecule has 7 heteroatoms. The Morgan fingerprint density at radius 1 is 1.38 bits per heavy atom. The van der Waals surface area contributed by atoms with E-state index >= 15 is 0 Å². The zero-order valence-corrected chi connectivity index (χ0v) is 14.6. The van der Waals surface area contributed by atoms with E-state index in [2.05, 4.69) is 5.32 Å². The average Bonchev–Trinajstić information content (AvgIpc) is 3.27. The van der Waals surface area contributed by atoms with Crippen LogP contribution in [-0.2, 0) is 0 Å². The first-order chi connectivity index (χ1) is 11.6. The van der Waals surface area contributed by atoms with Crippen LogP contribution in [-0.4, -0.2) is 35.8 Å². The lowest BCUT2D eigenvalue weighted by Crippen LogP contribution is -2.39. The van der Waals surface area contributed by atoms with Gasteiger partial charge in [0.25, 0.3) is 11.8 Å². The molecule has 3 N–H and O–H groups in total. The van der Waals surface area contributed by atoms with Gasteiger partial charge in [-0.1, -0.05) is 17.7 Å². The summed E-state index contributed by atoms with van der Waals surface area (Å²) in [6, 6.07) is 8.56. The first-order valence-corrected chi connectivity index (χ1v) is 9.01. The summed E-state index contributed by atoms with van der Waals surface area (Å²) in [6.45, 7) is 1.17. The minimum Gasteiger partial charge on any atom is -0.334 e. The van der Waals surface area contributed by atoms with E-state index in [0.29, 0.717) is 34.2 Å². The number of hydrogen-bond acceptors (Lipinski definition) is 4. The average molecular weight is 364 g/mol. The highest BCUT2D eigenvalue weighted by atomic mass is 35.5. The van der Waals surface area contributed by atoms with Crippen molar-refractivity contribution in [2.75, 3.05) is 18.4 Å². The summed E-state index contributed by atoms with van der Waals surface area (Å²) in [7, 11) is 0. The molecule has 0 bridgehead atoms. The van der Waals surface area contributed by atoms with E-state index in [1.54, 1.807) is 29.2 Å². The number of carbonyl (C=O) groups is 2. The number of hydrogen-bond donors (Lipinski definition) is 2. The number of amides is 2. The van der Waals surface area contributed by atoms with Crippen molar-refractivity contribution in [3.8, 4) is 0 Å². The fourth-order valence-corrected chi connectivity index (χ4v) is 3.64. The van der Waals surface area contributed by atoms with Crippen molar-refractivity contribution in [2.45, 2.75) is 18.9 Å². The molecule has 2 amide bonds. The van der Waals surface area contributed by atoms with Crippen molar-refractivity contribution < 1.29 is 9.59 Å². The minimum atomic E-state index is -0.238. The van der Waals surface area contributed by atoms with Gasteiger partial charge in [-0.25, -0.2) is 0 Å². The summed E-state index contributed by atoms with van der Waals surface area (Å²) < 4.78 is 0. The maximum absolute atomic E-state index is 12.7. The van der Waals surface area contributed by atoms with Crippen molar-refractivity contribution in [2.24, 2.45) is 5.73 Å². The zero-order valence-electron chi connectivity index (χ0n) is 13.0. The second-order valence-corrected chi connectivity index (χ2v) is 7.01. The van der Waals surface area contributed by atoms with Gasteiger partial charge in [0.2, 0.25) is 0 Å². The van der Waals surface area contributed by atoms with E-state index in [0.717, 1.165) is 12.8 Å². The van der Waals surface area contributed by atoms with Crippen molar-refractivity contribution in [1.29, 1.82) is 0 Å². The Morgan fingerprint density at radius 2 is 2.21 bits per heavy atom. The number of benzene rings is 1. The van der Waals surface area contributed by atoms with Crippen LogP contribution in [0.2, 0.25) is 5.02 Å². The van der Waals surface area contributed by atoms with Crippen LogP contribution in [0, 0.1) is 0 Å². The molecule has 1 atom stereocenters. The van der Waals surface area contributed by atoms with Gasteiger partial charge in [-0.3, -0.25) is 9.59 Å². The molecule has 0 radical (unpaired) electrons. The quantitative estimate of drug-likeness (QED) is 0.875. The number of thiophene rings is 1. The monoisotopic (exact) mass is 363 g/mol. The van der Waals surface area contributed by atoms with Gasteiger partial charge in [-0.05, 0) is 42.5 Å². The van der Waals surface area contributed by atoms with Gasteiger partial charge in [-0.15, -0.1) is 11.3 Å². The molecule has 1 unspecified atom stereocenters. The third-order valence-corrected chi connectivity index (χ3v) is 5.31. The molecule has 0 saturated carbocycles. The van der Waals surface area contributed by atoms with E-state index in [1.807, 2.05) is 11.4 Å². The highest BCUT2D eigenvalue weighted by molar-refractivity contribution is 7.12. The van der Waals surface area contributed by atoms with Crippen LogP contribution in [0.25, 0.3) is 0 Å². The lowest BCUT2D eigenvalue weighted by molar-refractivity contribution is 0.0741. The lowest BCUT2D eigenvalue weighted by atomic mass is 10.1. The van der Waals surface area contributed by atoms with Gasteiger partial charge in [0.05, 0.1) is 15.6 Å². The number of anilines is 1.